The van der Waals surface area contributed by atoms with Crippen LogP contribution in [0.3, 0.4) is 0 Å². The van der Waals surface area contributed by atoms with Gasteiger partial charge in [0.15, 0.2) is 6.29 Å². The number of aldehydes is 1. The number of nitrogens with zero attached hydrogens (tertiary/aromatic N) is 1. The Bertz CT molecular complexity index is 348. The second-order valence-corrected chi connectivity index (χ2v) is 4.83. The van der Waals surface area contributed by atoms with Crippen LogP contribution in [0.4, 0.5) is 0 Å². The van der Waals surface area contributed by atoms with Gasteiger partial charge in [-0.2, -0.15) is 0 Å². The zero-order valence-electron chi connectivity index (χ0n) is 10.5. The average Bonchev–Trinajstić information content (AvgIpc) is 2.21. The maximum absolute atomic E-state index is 10.2. The van der Waals surface area contributed by atoms with Gasteiger partial charge in [-0.15, -0.1) is 0 Å². The third kappa shape index (κ3) is 7.31. The molecule has 0 atom stereocenters. The van der Waals surface area contributed by atoms with Gasteiger partial charge in [0.05, 0.1) is 5.02 Å². The molecule has 0 amide bonds. The van der Waals surface area contributed by atoms with Crippen LogP contribution in [-0.2, 0) is 0 Å². The topological polar surface area (TPSA) is 42.0 Å². The van der Waals surface area contributed by atoms with Crippen molar-refractivity contribution in [2.45, 2.75) is 39.8 Å². The quantitative estimate of drug-likeness (QED) is 0.678. The number of aromatic nitrogens is 1. The van der Waals surface area contributed by atoms with Crippen LogP contribution >= 0.6 is 23.2 Å². The molecule has 0 unspecified atom stereocenters. The van der Waals surface area contributed by atoms with Gasteiger partial charge in [0.1, 0.15) is 5.15 Å². The van der Waals surface area contributed by atoms with Crippen molar-refractivity contribution in [3.63, 3.8) is 0 Å². The first-order valence-electron chi connectivity index (χ1n) is 5.39. The summed E-state index contributed by atoms with van der Waals surface area (Å²) in [5.41, 5.74) is 0.363. The molecule has 0 bridgehead atoms. The van der Waals surface area contributed by atoms with Crippen LogP contribution < -0.4 is 5.32 Å². The summed E-state index contributed by atoms with van der Waals surface area (Å²) in [5, 5.41) is 3.67. The van der Waals surface area contributed by atoms with Crippen LogP contribution in [0.2, 0.25) is 10.2 Å². The summed E-state index contributed by atoms with van der Waals surface area (Å²) in [7, 11) is 0. The predicted octanol–water partition coefficient (Wildman–Crippen LogP) is 3.59. The second-order valence-electron chi connectivity index (χ2n) is 4.10. The highest BCUT2D eigenvalue weighted by atomic mass is 35.5. The first-order valence-corrected chi connectivity index (χ1v) is 6.15. The van der Waals surface area contributed by atoms with E-state index >= 15 is 0 Å². The van der Waals surface area contributed by atoms with Crippen molar-refractivity contribution >= 4 is 29.5 Å². The summed E-state index contributed by atoms with van der Waals surface area (Å²) in [6.45, 7) is 8.61. The summed E-state index contributed by atoms with van der Waals surface area (Å²) in [6.07, 6.45) is 2.06. The Kier molecular flexibility index (Phi) is 8.13. The average molecular weight is 277 g/mol. The molecule has 96 valence electrons. The summed E-state index contributed by atoms with van der Waals surface area (Å²) < 4.78 is 0. The maximum atomic E-state index is 10.2. The normalized spacial score (nSPS) is 10.1. The Balaban J connectivity index is 0.000000325. The summed E-state index contributed by atoms with van der Waals surface area (Å²) in [5.74, 6) is 0. The third-order valence-corrected chi connectivity index (χ3v) is 2.45. The number of hydrogen-bond donors (Lipinski definition) is 1. The first kappa shape index (κ1) is 16.4. The molecule has 0 fully saturated rings. The lowest BCUT2D eigenvalue weighted by Gasteiger charge is -2.10. The zero-order chi connectivity index (χ0) is 13.4. The number of pyridine rings is 1. The molecule has 0 aliphatic heterocycles. The monoisotopic (exact) mass is 276 g/mol. The fourth-order valence-corrected chi connectivity index (χ4v) is 1.51. The molecule has 1 rings (SSSR count). The van der Waals surface area contributed by atoms with E-state index < -0.39 is 0 Å². The molecule has 1 aromatic rings. The molecule has 0 aromatic carbocycles. The van der Waals surface area contributed by atoms with Gasteiger partial charge in [0.2, 0.25) is 0 Å². The molecule has 1 N–H and O–H groups in total. The van der Waals surface area contributed by atoms with Crippen molar-refractivity contribution < 1.29 is 4.79 Å². The second kappa shape index (κ2) is 8.45. The van der Waals surface area contributed by atoms with E-state index in [-0.39, 0.29) is 10.2 Å². The Hall–Kier alpha value is -0.640. The van der Waals surface area contributed by atoms with Crippen molar-refractivity contribution in [2.24, 2.45) is 0 Å². The van der Waals surface area contributed by atoms with E-state index in [1.54, 1.807) is 0 Å². The molecular weight excluding hydrogens is 259 g/mol. The van der Waals surface area contributed by atoms with Crippen LogP contribution in [0.15, 0.2) is 12.3 Å². The standard InChI is InChI=1S/C6H3Cl2NO.C6H15N/c7-5-4(3-10)1-2-9-6(5)8;1-5(2)7-6(3)4/h1-3H;5-7H,1-4H3. The minimum Gasteiger partial charge on any atom is -0.312 e. The number of rotatable bonds is 3. The molecule has 0 radical (unpaired) electrons. The maximum Gasteiger partial charge on any atom is 0.151 e. The molecule has 3 nitrogen and oxygen atoms in total. The van der Waals surface area contributed by atoms with Crippen LogP contribution in [0.5, 0.6) is 0 Å². The lowest BCUT2D eigenvalue weighted by molar-refractivity contribution is 0.112. The predicted molar refractivity (Wildman–Crippen MR) is 73.1 cm³/mol. The van der Waals surface area contributed by atoms with Crippen molar-refractivity contribution in [2.75, 3.05) is 0 Å². The molecule has 0 aliphatic carbocycles. The molecule has 5 heteroatoms. The summed E-state index contributed by atoms with van der Waals surface area (Å²) in [6, 6.07) is 2.75. The van der Waals surface area contributed by atoms with Crippen molar-refractivity contribution in [1.82, 2.24) is 10.3 Å². The molecule has 1 aromatic heterocycles. The van der Waals surface area contributed by atoms with Crippen LogP contribution in [0.25, 0.3) is 0 Å². The van der Waals surface area contributed by atoms with E-state index in [4.69, 9.17) is 23.2 Å². The molecular formula is C12H18Cl2N2O. The highest BCUT2D eigenvalue weighted by Gasteiger charge is 2.02. The number of carbonyl (C=O) groups excluding carboxylic acids is 1. The van der Waals surface area contributed by atoms with E-state index in [2.05, 4.69) is 38.0 Å². The highest BCUT2D eigenvalue weighted by molar-refractivity contribution is 6.42. The number of nitrogens with one attached hydrogen (secondary N) is 1. The lowest BCUT2D eigenvalue weighted by atomic mass is 10.3. The molecule has 0 saturated carbocycles. The molecule has 1 heterocycles. The van der Waals surface area contributed by atoms with E-state index in [1.165, 1.54) is 12.3 Å². The van der Waals surface area contributed by atoms with Gasteiger partial charge in [0, 0.05) is 23.8 Å². The van der Waals surface area contributed by atoms with Crippen LogP contribution in [-0.4, -0.2) is 23.4 Å². The summed E-state index contributed by atoms with van der Waals surface area (Å²) >= 11 is 11.1. The van der Waals surface area contributed by atoms with E-state index in [1.807, 2.05) is 0 Å². The zero-order valence-corrected chi connectivity index (χ0v) is 12.0. The Labute approximate surface area is 113 Å². The van der Waals surface area contributed by atoms with Gasteiger partial charge in [-0.1, -0.05) is 50.9 Å². The van der Waals surface area contributed by atoms with E-state index in [0.717, 1.165) is 0 Å². The molecule has 0 aliphatic rings. The molecule has 0 spiro atoms. The van der Waals surface area contributed by atoms with E-state index in [9.17, 15) is 4.79 Å². The SMILES string of the molecule is CC(C)NC(C)C.O=Cc1ccnc(Cl)c1Cl. The Morgan fingerprint density at radius 3 is 2.06 bits per heavy atom. The minimum absolute atomic E-state index is 0.159. The largest absolute Gasteiger partial charge is 0.312 e. The van der Waals surface area contributed by atoms with Gasteiger partial charge < -0.3 is 5.32 Å². The number of halogens is 2. The van der Waals surface area contributed by atoms with Gasteiger partial charge >= 0.3 is 0 Å². The number of hydrogen-bond acceptors (Lipinski definition) is 3. The van der Waals surface area contributed by atoms with E-state index in [0.29, 0.717) is 23.9 Å². The van der Waals surface area contributed by atoms with Gasteiger partial charge in [-0.25, -0.2) is 4.98 Å². The van der Waals surface area contributed by atoms with Gasteiger partial charge in [0.25, 0.3) is 0 Å². The molecule has 17 heavy (non-hydrogen) atoms. The van der Waals surface area contributed by atoms with Crippen molar-refractivity contribution in [1.29, 1.82) is 0 Å². The minimum atomic E-state index is 0.159. The number of carbonyl (C=O) groups is 1. The fraction of sp³-hybridized carbons (Fsp3) is 0.500. The first-order chi connectivity index (χ1) is 7.88. The highest BCUT2D eigenvalue weighted by Crippen LogP contribution is 2.21. The molecule has 0 saturated heterocycles. The van der Waals surface area contributed by atoms with Crippen LogP contribution in [0.1, 0.15) is 38.1 Å². The van der Waals surface area contributed by atoms with Crippen molar-refractivity contribution in [3.8, 4) is 0 Å². The Morgan fingerprint density at radius 2 is 1.76 bits per heavy atom. The van der Waals surface area contributed by atoms with Crippen molar-refractivity contribution in [3.05, 3.63) is 28.0 Å². The Morgan fingerprint density at radius 1 is 1.24 bits per heavy atom. The van der Waals surface area contributed by atoms with Gasteiger partial charge in [-0.3, -0.25) is 4.79 Å². The fourth-order valence-electron chi connectivity index (χ4n) is 1.19. The lowest BCUT2D eigenvalue weighted by Crippen LogP contribution is -2.29. The third-order valence-electron chi connectivity index (χ3n) is 1.67. The van der Waals surface area contributed by atoms with Gasteiger partial charge in [-0.05, 0) is 6.07 Å². The smallest absolute Gasteiger partial charge is 0.151 e. The van der Waals surface area contributed by atoms with Crippen LogP contribution in [0, 0.1) is 0 Å². The summed E-state index contributed by atoms with van der Waals surface area (Å²) in [4.78, 5) is 13.9.